The van der Waals surface area contributed by atoms with E-state index in [0.29, 0.717) is 12.5 Å². The van der Waals surface area contributed by atoms with Crippen LogP contribution in [-0.2, 0) is 14.3 Å². The van der Waals surface area contributed by atoms with Gasteiger partial charge < -0.3 is 14.8 Å². The third-order valence-electron chi connectivity index (χ3n) is 3.47. The first-order chi connectivity index (χ1) is 7.86. The Labute approximate surface area is 96.7 Å². The topological polar surface area (TPSA) is 47.6 Å². The molecule has 0 aromatic rings. The maximum Gasteiger partial charge on any atom is 0.309 e. The summed E-state index contributed by atoms with van der Waals surface area (Å²) in [6.07, 6.45) is 3.90. The molecule has 2 heterocycles. The maximum atomic E-state index is 11.8. The van der Waals surface area contributed by atoms with Gasteiger partial charge in [0.15, 0.2) is 0 Å². The van der Waals surface area contributed by atoms with Crippen LogP contribution in [0.5, 0.6) is 0 Å². The molecule has 0 saturated carbocycles. The molecule has 0 unspecified atom stereocenters. The Hall–Kier alpha value is -0.610. The van der Waals surface area contributed by atoms with Crippen LogP contribution in [0, 0.1) is 11.8 Å². The first kappa shape index (κ1) is 11.9. The van der Waals surface area contributed by atoms with Gasteiger partial charge in [0.25, 0.3) is 0 Å². The van der Waals surface area contributed by atoms with Gasteiger partial charge in [-0.15, -0.1) is 0 Å². The van der Waals surface area contributed by atoms with Crippen molar-refractivity contribution in [1.29, 1.82) is 0 Å². The molecule has 2 aliphatic heterocycles. The molecule has 16 heavy (non-hydrogen) atoms. The fraction of sp³-hybridized carbons (Fsp3) is 0.917. The lowest BCUT2D eigenvalue weighted by Gasteiger charge is -2.24. The third kappa shape index (κ3) is 3.46. The lowest BCUT2D eigenvalue weighted by atomic mass is 9.98. The number of nitrogens with one attached hydrogen (secondary N) is 1. The van der Waals surface area contributed by atoms with Gasteiger partial charge in [0.1, 0.15) is 0 Å². The molecule has 2 rings (SSSR count). The minimum absolute atomic E-state index is 0.00740. The predicted octanol–water partition coefficient (Wildman–Crippen LogP) is 0.956. The van der Waals surface area contributed by atoms with Crippen LogP contribution >= 0.6 is 0 Å². The molecule has 0 aromatic heterocycles. The van der Waals surface area contributed by atoms with Crippen LogP contribution in [0.15, 0.2) is 0 Å². The largest absolute Gasteiger partial charge is 0.465 e. The molecule has 0 bridgehead atoms. The van der Waals surface area contributed by atoms with Crippen molar-refractivity contribution in [3.05, 3.63) is 0 Å². The zero-order valence-corrected chi connectivity index (χ0v) is 9.74. The van der Waals surface area contributed by atoms with Crippen LogP contribution in [0.25, 0.3) is 0 Å². The lowest BCUT2D eigenvalue weighted by molar-refractivity contribution is -0.151. The summed E-state index contributed by atoms with van der Waals surface area (Å²) in [5.74, 6) is 0.647. The van der Waals surface area contributed by atoms with Crippen molar-refractivity contribution in [3.8, 4) is 0 Å². The van der Waals surface area contributed by atoms with E-state index in [-0.39, 0.29) is 11.9 Å². The van der Waals surface area contributed by atoms with E-state index in [1.165, 1.54) is 0 Å². The van der Waals surface area contributed by atoms with Crippen LogP contribution in [0.4, 0.5) is 0 Å². The zero-order chi connectivity index (χ0) is 11.2. The second-order valence-electron chi connectivity index (χ2n) is 4.71. The number of carbonyl (C=O) groups is 1. The molecule has 4 heteroatoms. The summed E-state index contributed by atoms with van der Waals surface area (Å²) in [7, 11) is 0. The fourth-order valence-corrected chi connectivity index (χ4v) is 2.29. The van der Waals surface area contributed by atoms with E-state index in [1.807, 2.05) is 0 Å². The van der Waals surface area contributed by atoms with Crippen LogP contribution in [-0.4, -0.2) is 38.9 Å². The van der Waals surface area contributed by atoms with E-state index >= 15 is 0 Å². The highest BCUT2D eigenvalue weighted by atomic mass is 16.5. The molecule has 0 radical (unpaired) electrons. The standard InChI is InChI=1S/C12H21NO3/c14-12(11-1-5-13-6-2-11)16-9-10-3-7-15-8-4-10/h10-11,13H,1-9H2. The molecule has 0 amide bonds. The molecule has 0 aliphatic carbocycles. The summed E-state index contributed by atoms with van der Waals surface area (Å²) >= 11 is 0. The highest BCUT2D eigenvalue weighted by Crippen LogP contribution is 2.18. The minimum Gasteiger partial charge on any atom is -0.465 e. The van der Waals surface area contributed by atoms with Gasteiger partial charge in [0, 0.05) is 13.2 Å². The van der Waals surface area contributed by atoms with E-state index in [2.05, 4.69) is 5.32 Å². The summed E-state index contributed by atoms with van der Waals surface area (Å²) in [4.78, 5) is 11.8. The van der Waals surface area contributed by atoms with Crippen molar-refractivity contribution in [2.45, 2.75) is 25.7 Å². The van der Waals surface area contributed by atoms with E-state index in [9.17, 15) is 4.79 Å². The van der Waals surface area contributed by atoms with Gasteiger partial charge >= 0.3 is 5.97 Å². The van der Waals surface area contributed by atoms with Crippen LogP contribution in [0.2, 0.25) is 0 Å². The Kier molecular flexibility index (Phi) is 4.60. The smallest absolute Gasteiger partial charge is 0.309 e. The summed E-state index contributed by atoms with van der Waals surface area (Å²) in [6.45, 7) is 4.10. The summed E-state index contributed by atoms with van der Waals surface area (Å²) < 4.78 is 10.7. The third-order valence-corrected chi connectivity index (χ3v) is 3.47. The predicted molar refractivity (Wildman–Crippen MR) is 60.1 cm³/mol. The van der Waals surface area contributed by atoms with Crippen LogP contribution in [0.1, 0.15) is 25.7 Å². The van der Waals surface area contributed by atoms with Crippen molar-refractivity contribution in [2.75, 3.05) is 32.9 Å². The van der Waals surface area contributed by atoms with Gasteiger partial charge in [-0.1, -0.05) is 0 Å². The molecule has 0 aromatic carbocycles. The maximum absolute atomic E-state index is 11.8. The molecule has 1 N–H and O–H groups in total. The number of esters is 1. The van der Waals surface area contributed by atoms with Crippen molar-refractivity contribution >= 4 is 5.97 Å². The molecule has 0 spiro atoms. The summed E-state index contributed by atoms with van der Waals surface area (Å²) in [6, 6.07) is 0. The van der Waals surface area contributed by atoms with Crippen molar-refractivity contribution in [1.82, 2.24) is 5.32 Å². The first-order valence-electron chi connectivity index (χ1n) is 6.31. The quantitative estimate of drug-likeness (QED) is 0.729. The van der Waals surface area contributed by atoms with E-state index < -0.39 is 0 Å². The van der Waals surface area contributed by atoms with Crippen molar-refractivity contribution in [3.63, 3.8) is 0 Å². The second-order valence-corrected chi connectivity index (χ2v) is 4.71. The fourth-order valence-electron chi connectivity index (χ4n) is 2.29. The summed E-state index contributed by atoms with van der Waals surface area (Å²) in [5, 5.41) is 3.25. The molecule has 2 aliphatic rings. The number of rotatable bonds is 3. The van der Waals surface area contributed by atoms with Crippen LogP contribution < -0.4 is 5.32 Å². The average Bonchev–Trinajstić information content (AvgIpc) is 2.38. The van der Waals surface area contributed by atoms with Gasteiger partial charge in [-0.25, -0.2) is 0 Å². The number of hydrogen-bond acceptors (Lipinski definition) is 4. The first-order valence-corrected chi connectivity index (χ1v) is 6.31. The van der Waals surface area contributed by atoms with Gasteiger partial charge in [-0.3, -0.25) is 4.79 Å². The second kappa shape index (κ2) is 6.21. The normalized spacial score (nSPS) is 24.2. The number of ether oxygens (including phenoxy) is 2. The number of carbonyl (C=O) groups excluding carboxylic acids is 1. The molecular formula is C12H21NO3. The molecule has 4 nitrogen and oxygen atoms in total. The Balaban J connectivity index is 1.65. The van der Waals surface area contributed by atoms with Crippen LogP contribution in [0.3, 0.4) is 0 Å². The monoisotopic (exact) mass is 227 g/mol. The number of piperidine rings is 1. The Morgan fingerprint density at radius 1 is 1.19 bits per heavy atom. The SMILES string of the molecule is O=C(OCC1CCOCC1)C1CCNCC1. The van der Waals surface area contributed by atoms with Gasteiger partial charge in [-0.2, -0.15) is 0 Å². The van der Waals surface area contributed by atoms with Gasteiger partial charge in [0.2, 0.25) is 0 Å². The van der Waals surface area contributed by atoms with Gasteiger partial charge in [0.05, 0.1) is 12.5 Å². The average molecular weight is 227 g/mol. The molecule has 2 fully saturated rings. The molecule has 0 atom stereocenters. The Morgan fingerprint density at radius 3 is 2.56 bits per heavy atom. The highest BCUT2D eigenvalue weighted by molar-refractivity contribution is 5.72. The molecule has 2 saturated heterocycles. The van der Waals surface area contributed by atoms with E-state index in [0.717, 1.165) is 52.0 Å². The number of hydrogen-bond donors (Lipinski definition) is 1. The highest BCUT2D eigenvalue weighted by Gasteiger charge is 2.23. The minimum atomic E-state index is 0.00740. The van der Waals surface area contributed by atoms with Gasteiger partial charge in [-0.05, 0) is 44.7 Å². The Morgan fingerprint density at radius 2 is 1.88 bits per heavy atom. The Bertz CT molecular complexity index is 220. The van der Waals surface area contributed by atoms with Crippen molar-refractivity contribution in [2.24, 2.45) is 11.8 Å². The van der Waals surface area contributed by atoms with Crippen molar-refractivity contribution < 1.29 is 14.3 Å². The van der Waals surface area contributed by atoms with E-state index in [4.69, 9.17) is 9.47 Å². The molecular weight excluding hydrogens is 206 g/mol. The zero-order valence-electron chi connectivity index (χ0n) is 9.74. The lowest BCUT2D eigenvalue weighted by Crippen LogP contribution is -2.33. The summed E-state index contributed by atoms with van der Waals surface area (Å²) in [5.41, 5.74) is 0. The molecule has 92 valence electrons. The van der Waals surface area contributed by atoms with E-state index in [1.54, 1.807) is 0 Å².